The molecule has 0 saturated carbocycles. The molecule has 0 fully saturated rings. The van der Waals surface area contributed by atoms with Crippen LogP contribution in [0, 0.1) is 0 Å². The summed E-state index contributed by atoms with van der Waals surface area (Å²) < 4.78 is 1.76. The van der Waals surface area contributed by atoms with Gasteiger partial charge < -0.3 is 4.90 Å². The molecular weight excluding hydrogens is 254 g/mol. The molecule has 0 radical (unpaired) electrons. The second-order valence-electron chi connectivity index (χ2n) is 4.83. The van der Waals surface area contributed by atoms with Gasteiger partial charge in [0.25, 0.3) is 5.95 Å². The molecule has 0 atom stereocenters. The summed E-state index contributed by atoms with van der Waals surface area (Å²) >= 11 is 0. The van der Waals surface area contributed by atoms with Gasteiger partial charge in [0.05, 0.1) is 0 Å². The van der Waals surface area contributed by atoms with Gasteiger partial charge in [0.1, 0.15) is 12.1 Å². The zero-order valence-electron chi connectivity index (χ0n) is 11.0. The molecule has 1 N–H and O–H groups in total. The SMILES string of the molecule is CN1CCc2cc(-c3nc(-n4ccnc4)n[nH]3)cnc21. The normalized spacial score (nSPS) is 13.8. The molecule has 3 aromatic heterocycles. The van der Waals surface area contributed by atoms with Crippen LogP contribution in [-0.4, -0.2) is 43.3 Å². The molecule has 0 amide bonds. The number of H-pyrrole nitrogens is 1. The van der Waals surface area contributed by atoms with E-state index in [1.807, 2.05) is 12.4 Å². The number of rotatable bonds is 2. The van der Waals surface area contributed by atoms with Gasteiger partial charge in [-0.15, -0.1) is 5.10 Å². The molecule has 3 aromatic rings. The van der Waals surface area contributed by atoms with Crippen LogP contribution in [0.25, 0.3) is 17.3 Å². The Morgan fingerprint density at radius 3 is 3.15 bits per heavy atom. The first-order valence-corrected chi connectivity index (χ1v) is 6.42. The molecule has 0 saturated heterocycles. The van der Waals surface area contributed by atoms with Crippen molar-refractivity contribution in [3.05, 3.63) is 36.5 Å². The zero-order chi connectivity index (χ0) is 13.5. The average molecular weight is 267 g/mol. The molecule has 7 nitrogen and oxygen atoms in total. The molecule has 0 aromatic carbocycles. The summed E-state index contributed by atoms with van der Waals surface area (Å²) in [7, 11) is 2.06. The first kappa shape index (κ1) is 11.2. The number of hydrogen-bond acceptors (Lipinski definition) is 5. The maximum absolute atomic E-state index is 4.51. The van der Waals surface area contributed by atoms with Crippen molar-refractivity contribution in [2.75, 3.05) is 18.5 Å². The topological polar surface area (TPSA) is 75.5 Å². The minimum atomic E-state index is 0.579. The monoisotopic (exact) mass is 267 g/mol. The van der Waals surface area contributed by atoms with Crippen LogP contribution in [0.5, 0.6) is 0 Å². The number of fused-ring (bicyclic) bond motifs is 1. The molecule has 1 aliphatic heterocycles. The molecule has 0 spiro atoms. The quantitative estimate of drug-likeness (QED) is 0.751. The van der Waals surface area contributed by atoms with Gasteiger partial charge in [-0.2, -0.15) is 4.98 Å². The van der Waals surface area contributed by atoms with Crippen LogP contribution >= 0.6 is 0 Å². The van der Waals surface area contributed by atoms with E-state index in [1.54, 1.807) is 17.1 Å². The first-order chi connectivity index (χ1) is 9.81. The van der Waals surface area contributed by atoms with Crippen molar-refractivity contribution < 1.29 is 0 Å². The number of nitrogens with zero attached hydrogens (tertiary/aromatic N) is 6. The summed E-state index contributed by atoms with van der Waals surface area (Å²) in [5.74, 6) is 2.36. The van der Waals surface area contributed by atoms with Gasteiger partial charge in [-0.05, 0) is 18.1 Å². The van der Waals surface area contributed by atoms with Crippen molar-refractivity contribution in [1.82, 2.24) is 29.7 Å². The molecule has 100 valence electrons. The molecule has 4 rings (SSSR count). The average Bonchev–Trinajstić information content (AvgIpc) is 3.18. The van der Waals surface area contributed by atoms with Gasteiger partial charge in [-0.25, -0.2) is 9.97 Å². The van der Waals surface area contributed by atoms with Gasteiger partial charge in [0.2, 0.25) is 0 Å². The van der Waals surface area contributed by atoms with Crippen LogP contribution in [0.15, 0.2) is 31.0 Å². The highest BCUT2D eigenvalue weighted by molar-refractivity contribution is 5.62. The predicted octanol–water partition coefficient (Wildman–Crippen LogP) is 1.04. The molecule has 4 heterocycles. The third-order valence-electron chi connectivity index (χ3n) is 3.50. The van der Waals surface area contributed by atoms with Crippen molar-refractivity contribution in [2.45, 2.75) is 6.42 Å². The van der Waals surface area contributed by atoms with Crippen molar-refractivity contribution in [3.63, 3.8) is 0 Å². The van der Waals surface area contributed by atoms with Gasteiger partial charge in [0, 0.05) is 37.7 Å². The Morgan fingerprint density at radius 2 is 2.30 bits per heavy atom. The second-order valence-corrected chi connectivity index (χ2v) is 4.83. The fourth-order valence-electron chi connectivity index (χ4n) is 2.43. The summed E-state index contributed by atoms with van der Waals surface area (Å²) in [5.41, 5.74) is 2.21. The van der Waals surface area contributed by atoms with E-state index in [9.17, 15) is 0 Å². The van der Waals surface area contributed by atoms with Gasteiger partial charge >= 0.3 is 0 Å². The number of anilines is 1. The first-order valence-electron chi connectivity index (χ1n) is 6.42. The van der Waals surface area contributed by atoms with E-state index in [0.717, 1.165) is 30.2 Å². The molecule has 7 heteroatoms. The molecule has 0 unspecified atom stereocenters. The van der Waals surface area contributed by atoms with Gasteiger partial charge in [-0.1, -0.05) is 0 Å². The number of aromatic amines is 1. The van der Waals surface area contributed by atoms with Crippen molar-refractivity contribution in [2.24, 2.45) is 0 Å². The molecular formula is C13H13N7. The lowest BCUT2D eigenvalue weighted by Crippen LogP contribution is -2.13. The number of likely N-dealkylation sites (N-methyl/N-ethyl adjacent to an activating group) is 1. The molecule has 0 bridgehead atoms. The van der Waals surface area contributed by atoms with Crippen LogP contribution in [0.2, 0.25) is 0 Å². The highest BCUT2D eigenvalue weighted by Gasteiger charge is 2.18. The van der Waals surface area contributed by atoms with Crippen molar-refractivity contribution >= 4 is 5.82 Å². The largest absolute Gasteiger partial charge is 0.359 e. The Labute approximate surface area is 115 Å². The Morgan fingerprint density at radius 1 is 1.35 bits per heavy atom. The number of pyridine rings is 1. The highest BCUT2D eigenvalue weighted by Crippen LogP contribution is 2.27. The summed E-state index contributed by atoms with van der Waals surface area (Å²) in [6.07, 6.45) is 8.03. The minimum absolute atomic E-state index is 0.579. The minimum Gasteiger partial charge on any atom is -0.359 e. The lowest BCUT2D eigenvalue weighted by atomic mass is 10.1. The van der Waals surface area contributed by atoms with E-state index in [1.165, 1.54) is 5.56 Å². The van der Waals surface area contributed by atoms with E-state index in [4.69, 9.17) is 0 Å². The van der Waals surface area contributed by atoms with Crippen LogP contribution in [0.3, 0.4) is 0 Å². The summed E-state index contributed by atoms with van der Waals surface area (Å²) in [5, 5.41) is 7.14. The van der Waals surface area contributed by atoms with Crippen molar-refractivity contribution in [1.29, 1.82) is 0 Å². The summed E-state index contributed by atoms with van der Waals surface area (Å²) in [4.78, 5) is 15.1. The van der Waals surface area contributed by atoms with E-state index < -0.39 is 0 Å². The smallest absolute Gasteiger partial charge is 0.254 e. The third-order valence-corrected chi connectivity index (χ3v) is 3.50. The highest BCUT2D eigenvalue weighted by atomic mass is 15.3. The van der Waals surface area contributed by atoms with E-state index in [0.29, 0.717) is 5.95 Å². The fraction of sp³-hybridized carbons (Fsp3) is 0.231. The van der Waals surface area contributed by atoms with Crippen LogP contribution in [-0.2, 0) is 6.42 Å². The Bertz CT molecular complexity index is 744. The van der Waals surface area contributed by atoms with Gasteiger partial charge in [0.15, 0.2) is 5.82 Å². The Kier molecular flexibility index (Phi) is 2.32. The van der Waals surface area contributed by atoms with Crippen LogP contribution in [0.1, 0.15) is 5.56 Å². The van der Waals surface area contributed by atoms with Crippen molar-refractivity contribution in [3.8, 4) is 17.3 Å². The molecule has 0 aliphatic carbocycles. The summed E-state index contributed by atoms with van der Waals surface area (Å²) in [6, 6.07) is 2.13. The van der Waals surface area contributed by atoms with Crippen LogP contribution in [0.4, 0.5) is 5.82 Å². The lowest BCUT2D eigenvalue weighted by molar-refractivity contribution is 0.931. The Hall–Kier alpha value is -2.70. The predicted molar refractivity (Wildman–Crippen MR) is 73.7 cm³/mol. The van der Waals surface area contributed by atoms with Crippen LogP contribution < -0.4 is 4.90 Å². The number of hydrogen-bond donors (Lipinski definition) is 1. The van der Waals surface area contributed by atoms with E-state index in [2.05, 4.69) is 43.2 Å². The Balaban J connectivity index is 1.72. The standard InChI is InChI=1S/C13H13N7/c1-19-4-2-9-6-10(7-15-12(9)19)11-16-13(18-17-11)20-5-3-14-8-20/h3,5-8H,2,4H2,1H3,(H,16,17,18). The third kappa shape index (κ3) is 1.67. The summed E-state index contributed by atoms with van der Waals surface area (Å²) in [6.45, 7) is 1.02. The molecule has 20 heavy (non-hydrogen) atoms. The maximum Gasteiger partial charge on any atom is 0.254 e. The lowest BCUT2D eigenvalue weighted by Gasteiger charge is -2.09. The van der Waals surface area contributed by atoms with E-state index >= 15 is 0 Å². The number of aromatic nitrogens is 6. The number of nitrogens with one attached hydrogen (secondary N) is 1. The second kappa shape index (κ2) is 4.16. The molecule has 1 aliphatic rings. The maximum atomic E-state index is 4.51. The number of imidazole rings is 1. The zero-order valence-corrected chi connectivity index (χ0v) is 11.0. The van der Waals surface area contributed by atoms with Gasteiger partial charge in [-0.3, -0.25) is 9.67 Å². The van der Waals surface area contributed by atoms with E-state index in [-0.39, 0.29) is 0 Å². The fourth-order valence-corrected chi connectivity index (χ4v) is 2.43.